The summed E-state index contributed by atoms with van der Waals surface area (Å²) in [6.07, 6.45) is 0. The van der Waals surface area contributed by atoms with Crippen molar-refractivity contribution in [1.29, 1.82) is 0 Å². The molecule has 0 radical (unpaired) electrons. The average Bonchev–Trinajstić information content (AvgIpc) is 1.68. The second kappa shape index (κ2) is 11.9. The first-order valence-electron chi connectivity index (χ1n) is 2.35. The fourth-order valence-corrected chi connectivity index (χ4v) is 0. The molecule has 0 aliphatic rings. The molecule has 0 aromatic heterocycles. The number of carboxylic acids is 1. The van der Waals surface area contributed by atoms with E-state index in [2.05, 4.69) is 13.5 Å². The maximum absolute atomic E-state index is 9.60. The van der Waals surface area contributed by atoms with Crippen molar-refractivity contribution < 1.29 is 44.6 Å². The summed E-state index contributed by atoms with van der Waals surface area (Å²) < 4.78 is 0. The number of aliphatic carboxylic acids is 1. The van der Waals surface area contributed by atoms with Crippen LogP contribution in [0.5, 0.6) is 0 Å². The molecule has 0 unspecified atom stereocenters. The van der Waals surface area contributed by atoms with E-state index in [1.807, 2.05) is 0 Å². The van der Waals surface area contributed by atoms with Crippen molar-refractivity contribution in [3.63, 3.8) is 0 Å². The van der Waals surface area contributed by atoms with Crippen LogP contribution in [0, 0.1) is 6.92 Å². The zero-order valence-electron chi connectivity index (χ0n) is 6.42. The molecule has 0 aromatic carbocycles. The molecule has 0 bridgehead atoms. The molecule has 0 aliphatic carbocycles. The second-order valence-electron chi connectivity index (χ2n) is 1.31. The topological polar surface area (TPSA) is 57.5 Å². The molecule has 0 saturated carbocycles. The van der Waals surface area contributed by atoms with Crippen molar-refractivity contribution in [3.8, 4) is 0 Å². The number of rotatable bonds is 1. The minimum absolute atomic E-state index is 0. The summed E-state index contributed by atoms with van der Waals surface area (Å²) in [5, 5.41) is 15.3. The third-order valence-electron chi connectivity index (χ3n) is 0.365. The maximum Gasteiger partial charge on any atom is 1.00 e. The molecular weight excluding hydrogens is 143 g/mol. The number of carbonyl (C=O) groups is 1. The van der Waals surface area contributed by atoms with E-state index in [1.165, 1.54) is 6.92 Å². The van der Waals surface area contributed by atoms with Crippen LogP contribution in [0.1, 0.15) is 6.92 Å². The van der Waals surface area contributed by atoms with Gasteiger partial charge in [0.2, 0.25) is 0 Å². The summed E-state index contributed by atoms with van der Waals surface area (Å²) in [6.45, 7) is 7.64. The Hall–Kier alpha value is 0.170. The van der Waals surface area contributed by atoms with Crippen LogP contribution in [0.4, 0.5) is 0 Å². The van der Waals surface area contributed by atoms with Gasteiger partial charge in [-0.05, 0) is 6.92 Å². The van der Waals surface area contributed by atoms with Gasteiger partial charge in [-0.25, -0.2) is 4.79 Å². The van der Waals surface area contributed by atoms with Crippen LogP contribution in [0.3, 0.4) is 0 Å². The number of hydrogen-bond acceptors (Lipinski definition) is 2. The summed E-state index contributed by atoms with van der Waals surface area (Å²) in [6, 6.07) is 0. The van der Waals surface area contributed by atoms with Crippen molar-refractivity contribution in [3.05, 3.63) is 19.1 Å². The molecule has 0 fully saturated rings. The van der Waals surface area contributed by atoms with Gasteiger partial charge >= 0.3 is 35.5 Å². The Kier molecular flexibility index (Phi) is 19.8. The Morgan fingerprint density at radius 1 is 1.70 bits per heavy atom. The van der Waals surface area contributed by atoms with Crippen molar-refractivity contribution in [2.75, 3.05) is 6.61 Å². The first-order chi connectivity index (χ1) is 4.06. The average molecular weight is 154 g/mol. The van der Waals surface area contributed by atoms with Crippen LogP contribution < -0.4 is 29.6 Å². The molecule has 4 heteroatoms. The van der Waals surface area contributed by atoms with Crippen LogP contribution in [0.25, 0.3) is 0 Å². The zero-order valence-corrected chi connectivity index (χ0v) is 8.42. The van der Waals surface area contributed by atoms with E-state index in [0.29, 0.717) is 0 Å². The van der Waals surface area contributed by atoms with Crippen LogP contribution in [-0.4, -0.2) is 22.8 Å². The largest absolute Gasteiger partial charge is 1.00 e. The number of aliphatic hydroxyl groups is 1. The predicted octanol–water partition coefficient (Wildman–Crippen LogP) is -2.54. The fourth-order valence-electron chi connectivity index (χ4n) is 0. The summed E-state index contributed by atoms with van der Waals surface area (Å²) in [5.41, 5.74) is 0.176. The fraction of sp³-hybridized carbons (Fsp3) is 0.333. The van der Waals surface area contributed by atoms with Gasteiger partial charge in [0.15, 0.2) is 0 Å². The number of hydrogen-bond donors (Lipinski definition) is 2. The van der Waals surface area contributed by atoms with Crippen LogP contribution in [0.15, 0.2) is 12.2 Å². The summed E-state index contributed by atoms with van der Waals surface area (Å²) in [5.74, 6) is -0.935. The van der Waals surface area contributed by atoms with Gasteiger partial charge in [-0.2, -0.15) is 0 Å². The standard InChI is InChI=1S/C4H6O2.C2H5O.Na/c1-3(2)4(5)6;1-2-3;/h1H2,2H3,(H,5,6);3H,1-2H2;/q;-1;+1. The minimum Gasteiger partial charge on any atom is -0.478 e. The van der Waals surface area contributed by atoms with Crippen molar-refractivity contribution in [2.24, 2.45) is 0 Å². The van der Waals surface area contributed by atoms with Crippen molar-refractivity contribution in [1.82, 2.24) is 0 Å². The van der Waals surface area contributed by atoms with E-state index < -0.39 is 5.97 Å². The summed E-state index contributed by atoms with van der Waals surface area (Å²) >= 11 is 0. The molecule has 0 heterocycles. The molecule has 10 heavy (non-hydrogen) atoms. The van der Waals surface area contributed by atoms with Crippen LogP contribution in [-0.2, 0) is 4.79 Å². The van der Waals surface area contributed by atoms with E-state index in [4.69, 9.17) is 10.2 Å². The van der Waals surface area contributed by atoms with Gasteiger partial charge in [0, 0.05) is 5.57 Å². The quantitative estimate of drug-likeness (QED) is 0.248. The maximum atomic E-state index is 9.60. The van der Waals surface area contributed by atoms with E-state index in [9.17, 15) is 4.79 Å². The SMILES string of the molecule is C=C(C)C(=O)O.[CH2-]CO.[Na+]. The van der Waals surface area contributed by atoms with E-state index in [-0.39, 0.29) is 41.7 Å². The molecule has 54 valence electrons. The first kappa shape index (κ1) is 16.6. The Balaban J connectivity index is -0.000000107. The van der Waals surface area contributed by atoms with Gasteiger partial charge in [-0.3, -0.25) is 0 Å². The van der Waals surface area contributed by atoms with Gasteiger partial charge < -0.3 is 17.1 Å². The van der Waals surface area contributed by atoms with Crippen molar-refractivity contribution >= 4 is 5.97 Å². The summed E-state index contributed by atoms with van der Waals surface area (Å²) in [4.78, 5) is 9.60. The van der Waals surface area contributed by atoms with Crippen LogP contribution >= 0.6 is 0 Å². The molecule has 0 aliphatic heterocycles. The molecule has 0 amide bonds. The molecule has 0 spiro atoms. The second-order valence-corrected chi connectivity index (χ2v) is 1.31. The van der Waals surface area contributed by atoms with Crippen LogP contribution in [0.2, 0.25) is 0 Å². The Morgan fingerprint density at radius 2 is 1.80 bits per heavy atom. The molecule has 0 atom stereocenters. The molecular formula is C6H11NaO3. The Labute approximate surface area is 83.0 Å². The first-order valence-corrected chi connectivity index (χ1v) is 2.35. The monoisotopic (exact) mass is 154 g/mol. The summed E-state index contributed by atoms with van der Waals surface area (Å²) in [7, 11) is 0. The van der Waals surface area contributed by atoms with Crippen molar-refractivity contribution in [2.45, 2.75) is 6.92 Å². The smallest absolute Gasteiger partial charge is 0.478 e. The van der Waals surface area contributed by atoms with Gasteiger partial charge in [-0.15, -0.1) is 0 Å². The van der Waals surface area contributed by atoms with E-state index >= 15 is 0 Å². The van der Waals surface area contributed by atoms with Gasteiger partial charge in [0.25, 0.3) is 0 Å². The molecule has 0 aromatic rings. The van der Waals surface area contributed by atoms with Gasteiger partial charge in [0.1, 0.15) is 0 Å². The van der Waals surface area contributed by atoms with Gasteiger partial charge in [0.05, 0.1) is 0 Å². The predicted molar refractivity (Wildman–Crippen MR) is 34.9 cm³/mol. The van der Waals surface area contributed by atoms with E-state index in [0.717, 1.165) is 0 Å². The van der Waals surface area contributed by atoms with Gasteiger partial charge in [-0.1, -0.05) is 13.2 Å². The zero-order chi connectivity index (χ0) is 7.86. The molecule has 0 rings (SSSR count). The molecule has 2 N–H and O–H groups in total. The Morgan fingerprint density at radius 3 is 1.80 bits per heavy atom. The Bertz CT molecular complexity index is 89.2. The third kappa shape index (κ3) is 24.2. The molecule has 3 nitrogen and oxygen atoms in total. The minimum atomic E-state index is -0.935. The normalized spacial score (nSPS) is 6.30. The van der Waals surface area contributed by atoms with E-state index in [1.54, 1.807) is 0 Å². The number of aliphatic hydroxyl groups excluding tert-OH is 1. The number of carboxylic acid groups (broad SMARTS) is 1. The third-order valence-corrected chi connectivity index (χ3v) is 0.365. The molecule has 0 saturated heterocycles.